The summed E-state index contributed by atoms with van der Waals surface area (Å²) in [6.45, 7) is 0. The second-order valence-electron chi connectivity index (χ2n) is 5.04. The quantitative estimate of drug-likeness (QED) is 0.744. The fourth-order valence-corrected chi connectivity index (χ4v) is 2.68. The summed E-state index contributed by atoms with van der Waals surface area (Å²) >= 11 is 0. The highest BCUT2D eigenvalue weighted by Gasteiger charge is 2.16. The molecule has 19 heavy (non-hydrogen) atoms. The number of carbonyl (C=O) groups is 1. The molecule has 0 spiro atoms. The largest absolute Gasteiger partial charge is 0.289 e. The normalized spacial score (nSPS) is 15.9. The zero-order valence-corrected chi connectivity index (χ0v) is 10.9. The van der Waals surface area contributed by atoms with Crippen LogP contribution in [0.2, 0.25) is 0 Å². The molecule has 2 nitrogen and oxygen atoms in total. The molecule has 0 N–H and O–H groups in total. The van der Waals surface area contributed by atoms with Gasteiger partial charge in [0.15, 0.2) is 5.78 Å². The monoisotopic (exact) mass is 251 g/mol. The molecule has 1 aliphatic carbocycles. The van der Waals surface area contributed by atoms with Gasteiger partial charge in [-0.2, -0.15) is 0 Å². The van der Waals surface area contributed by atoms with Crippen LogP contribution in [0, 0.1) is 0 Å². The summed E-state index contributed by atoms with van der Waals surface area (Å²) in [6, 6.07) is 9.74. The van der Waals surface area contributed by atoms with Gasteiger partial charge in [0, 0.05) is 17.1 Å². The molecule has 1 aliphatic rings. The Bertz CT molecular complexity index is 637. The maximum absolute atomic E-state index is 12.7. The highest BCUT2D eigenvalue weighted by molar-refractivity contribution is 6.15. The number of carbonyl (C=O) groups excluding carboxylic acids is 1. The lowest BCUT2D eigenvalue weighted by molar-refractivity contribution is 0.103. The van der Waals surface area contributed by atoms with E-state index in [0.29, 0.717) is 0 Å². The highest BCUT2D eigenvalue weighted by atomic mass is 16.1. The van der Waals surface area contributed by atoms with Crippen LogP contribution in [0.15, 0.2) is 48.2 Å². The number of ketones is 1. The van der Waals surface area contributed by atoms with Gasteiger partial charge in [-0.15, -0.1) is 0 Å². The van der Waals surface area contributed by atoms with E-state index in [-0.39, 0.29) is 5.78 Å². The van der Waals surface area contributed by atoms with Gasteiger partial charge in [-0.25, -0.2) is 0 Å². The number of para-hydroxylation sites is 1. The third kappa shape index (κ3) is 2.43. The lowest BCUT2D eigenvalue weighted by Gasteiger charge is -2.07. The molecule has 0 saturated heterocycles. The number of rotatable bonds is 2. The summed E-state index contributed by atoms with van der Waals surface area (Å²) in [5.74, 6) is 0.159. The number of hydrogen-bond acceptors (Lipinski definition) is 2. The lowest BCUT2D eigenvalue weighted by atomic mass is 9.97. The first-order valence-electron chi connectivity index (χ1n) is 6.94. The molecule has 1 aromatic heterocycles. The average Bonchev–Trinajstić information content (AvgIpc) is 2.75. The number of allylic oxidation sites excluding steroid dienone is 2. The van der Waals surface area contributed by atoms with Crippen molar-refractivity contribution in [2.24, 2.45) is 0 Å². The third-order valence-electron chi connectivity index (χ3n) is 3.71. The van der Waals surface area contributed by atoms with Crippen molar-refractivity contribution in [3.63, 3.8) is 0 Å². The zero-order chi connectivity index (χ0) is 13.1. The minimum atomic E-state index is 0.159. The van der Waals surface area contributed by atoms with E-state index in [1.807, 2.05) is 30.3 Å². The average molecular weight is 251 g/mol. The Kier molecular flexibility index (Phi) is 3.41. The first-order valence-corrected chi connectivity index (χ1v) is 6.94. The van der Waals surface area contributed by atoms with Crippen LogP contribution in [0.25, 0.3) is 10.9 Å². The minimum absolute atomic E-state index is 0.159. The topological polar surface area (TPSA) is 30.0 Å². The summed E-state index contributed by atoms with van der Waals surface area (Å²) < 4.78 is 0. The summed E-state index contributed by atoms with van der Waals surface area (Å²) in [7, 11) is 0. The predicted octanol–water partition coefficient (Wildman–Crippen LogP) is 4.31. The molecule has 2 aromatic rings. The Labute approximate surface area is 113 Å². The first-order chi connectivity index (χ1) is 9.36. The predicted molar refractivity (Wildman–Crippen MR) is 77.2 cm³/mol. The summed E-state index contributed by atoms with van der Waals surface area (Å²) in [6.07, 6.45) is 9.35. The van der Waals surface area contributed by atoms with Crippen molar-refractivity contribution in [1.29, 1.82) is 0 Å². The van der Waals surface area contributed by atoms with E-state index in [0.717, 1.165) is 41.3 Å². The zero-order valence-electron chi connectivity index (χ0n) is 10.9. The van der Waals surface area contributed by atoms with Gasteiger partial charge >= 0.3 is 0 Å². The van der Waals surface area contributed by atoms with E-state index in [2.05, 4.69) is 11.1 Å². The molecule has 0 saturated carbocycles. The molecule has 96 valence electrons. The van der Waals surface area contributed by atoms with Crippen molar-refractivity contribution in [3.8, 4) is 0 Å². The number of hydrogen-bond donors (Lipinski definition) is 0. The van der Waals surface area contributed by atoms with Gasteiger partial charge in [-0.3, -0.25) is 9.78 Å². The standard InChI is InChI=1S/C17H17NO/c19-17(14-7-3-1-2-4-8-14)15-11-5-9-13-10-6-12-18-16(13)15/h5-7,9-12H,1-4,8H2. The van der Waals surface area contributed by atoms with Crippen LogP contribution in [0.1, 0.15) is 42.5 Å². The van der Waals surface area contributed by atoms with E-state index >= 15 is 0 Å². The van der Waals surface area contributed by atoms with Crippen molar-refractivity contribution < 1.29 is 4.79 Å². The van der Waals surface area contributed by atoms with Crippen LogP contribution in [0.5, 0.6) is 0 Å². The fourth-order valence-electron chi connectivity index (χ4n) is 2.68. The van der Waals surface area contributed by atoms with E-state index in [9.17, 15) is 4.79 Å². The Morgan fingerprint density at radius 3 is 2.89 bits per heavy atom. The molecule has 0 bridgehead atoms. The molecular weight excluding hydrogens is 234 g/mol. The van der Waals surface area contributed by atoms with Gasteiger partial charge in [0.2, 0.25) is 0 Å². The second kappa shape index (κ2) is 5.35. The molecule has 0 amide bonds. The second-order valence-corrected chi connectivity index (χ2v) is 5.04. The molecule has 1 aromatic carbocycles. The van der Waals surface area contributed by atoms with Crippen molar-refractivity contribution >= 4 is 16.7 Å². The molecule has 2 heteroatoms. The van der Waals surface area contributed by atoms with E-state index < -0.39 is 0 Å². The molecule has 1 heterocycles. The van der Waals surface area contributed by atoms with Crippen LogP contribution < -0.4 is 0 Å². The number of aromatic nitrogens is 1. The molecule has 0 radical (unpaired) electrons. The molecule has 0 aliphatic heterocycles. The number of Topliss-reactive ketones (excluding diaryl/α,β-unsaturated/α-hetero) is 1. The number of fused-ring (bicyclic) bond motifs is 1. The number of benzene rings is 1. The van der Waals surface area contributed by atoms with E-state index in [4.69, 9.17) is 0 Å². The fraction of sp³-hybridized carbons (Fsp3) is 0.294. The third-order valence-corrected chi connectivity index (χ3v) is 3.71. The van der Waals surface area contributed by atoms with Gasteiger partial charge < -0.3 is 0 Å². The number of nitrogens with zero attached hydrogens (tertiary/aromatic N) is 1. The van der Waals surface area contributed by atoms with Crippen molar-refractivity contribution in [1.82, 2.24) is 4.98 Å². The molecule has 3 rings (SSSR count). The Morgan fingerprint density at radius 1 is 1.05 bits per heavy atom. The Balaban J connectivity index is 2.04. The molecule has 0 unspecified atom stereocenters. The van der Waals surface area contributed by atoms with Crippen LogP contribution in [-0.4, -0.2) is 10.8 Å². The summed E-state index contributed by atoms with van der Waals surface area (Å²) in [5.41, 5.74) is 2.53. The van der Waals surface area contributed by atoms with Crippen molar-refractivity contribution in [2.45, 2.75) is 32.1 Å². The summed E-state index contributed by atoms with van der Waals surface area (Å²) in [4.78, 5) is 17.0. The first kappa shape index (κ1) is 12.1. The van der Waals surface area contributed by atoms with Crippen molar-refractivity contribution in [2.75, 3.05) is 0 Å². The lowest BCUT2D eigenvalue weighted by Crippen LogP contribution is -2.04. The Hall–Kier alpha value is -1.96. The van der Waals surface area contributed by atoms with Crippen LogP contribution in [-0.2, 0) is 0 Å². The van der Waals surface area contributed by atoms with Crippen LogP contribution >= 0.6 is 0 Å². The van der Waals surface area contributed by atoms with Gasteiger partial charge in [0.1, 0.15) is 0 Å². The van der Waals surface area contributed by atoms with Gasteiger partial charge in [0.05, 0.1) is 5.52 Å². The van der Waals surface area contributed by atoms with E-state index in [1.165, 1.54) is 12.8 Å². The molecule has 0 atom stereocenters. The maximum atomic E-state index is 12.7. The maximum Gasteiger partial charge on any atom is 0.190 e. The molecule has 0 fully saturated rings. The van der Waals surface area contributed by atoms with Crippen molar-refractivity contribution in [3.05, 3.63) is 53.7 Å². The molecular formula is C17H17NO. The van der Waals surface area contributed by atoms with Gasteiger partial charge in [0.25, 0.3) is 0 Å². The van der Waals surface area contributed by atoms with Crippen LogP contribution in [0.4, 0.5) is 0 Å². The smallest absolute Gasteiger partial charge is 0.190 e. The van der Waals surface area contributed by atoms with E-state index in [1.54, 1.807) is 6.20 Å². The van der Waals surface area contributed by atoms with Gasteiger partial charge in [-0.05, 0) is 43.4 Å². The van der Waals surface area contributed by atoms with Crippen LogP contribution in [0.3, 0.4) is 0 Å². The van der Waals surface area contributed by atoms with Gasteiger partial charge in [-0.1, -0.05) is 30.7 Å². The SMILES string of the molecule is O=C(C1=CCCCCC1)c1cccc2cccnc12. The minimum Gasteiger partial charge on any atom is -0.289 e. The highest BCUT2D eigenvalue weighted by Crippen LogP contribution is 2.24. The Morgan fingerprint density at radius 2 is 1.95 bits per heavy atom. The summed E-state index contributed by atoms with van der Waals surface area (Å²) in [5, 5.41) is 1.03. The number of pyridine rings is 1.